The van der Waals surface area contributed by atoms with Crippen LogP contribution in [0.15, 0.2) is 48.5 Å². The molecule has 9 heteroatoms. The van der Waals surface area contributed by atoms with E-state index in [4.69, 9.17) is 23.2 Å². The Hall–Kier alpha value is -1.64. The summed E-state index contributed by atoms with van der Waals surface area (Å²) in [4.78, 5) is 14.1. The monoisotopic (exact) mass is 441 g/mol. The van der Waals surface area contributed by atoms with Crippen LogP contribution in [0, 0.1) is 0 Å². The first-order valence-corrected chi connectivity index (χ1v) is 11.2. The number of hydrogen-bond acceptors (Lipinski definition) is 4. The Morgan fingerprint density at radius 2 is 1.64 bits per heavy atom. The number of sulfonamides is 1. The van der Waals surface area contributed by atoms with Gasteiger partial charge in [0.15, 0.2) is 0 Å². The first-order valence-electron chi connectivity index (χ1n) is 8.82. The van der Waals surface area contributed by atoms with E-state index in [0.29, 0.717) is 41.8 Å². The standard InChI is InChI=1S/C19H21Cl2N3O3S/c20-17-7-6-15(12-18(17)21)14-28(26,27)24-10-8-23(9-11-24)13-19(25)22-16-4-2-1-3-5-16/h1-7,12H,8-11,13-14H2,(H,22,25). The van der Waals surface area contributed by atoms with Crippen molar-refractivity contribution in [1.29, 1.82) is 0 Å². The third-order valence-corrected chi connectivity index (χ3v) is 7.07. The lowest BCUT2D eigenvalue weighted by Crippen LogP contribution is -2.50. The maximum absolute atomic E-state index is 12.7. The Balaban J connectivity index is 1.51. The second-order valence-corrected chi connectivity index (χ2v) is 9.38. The van der Waals surface area contributed by atoms with E-state index in [1.54, 1.807) is 18.2 Å². The van der Waals surface area contributed by atoms with Gasteiger partial charge in [-0.05, 0) is 29.8 Å². The zero-order valence-corrected chi connectivity index (χ0v) is 17.5. The van der Waals surface area contributed by atoms with Crippen molar-refractivity contribution in [3.63, 3.8) is 0 Å². The van der Waals surface area contributed by atoms with Gasteiger partial charge < -0.3 is 5.32 Å². The summed E-state index contributed by atoms with van der Waals surface area (Å²) in [7, 11) is -3.46. The number of anilines is 1. The van der Waals surface area contributed by atoms with E-state index in [1.165, 1.54) is 4.31 Å². The van der Waals surface area contributed by atoms with Crippen LogP contribution < -0.4 is 5.32 Å². The maximum Gasteiger partial charge on any atom is 0.238 e. The second-order valence-electron chi connectivity index (χ2n) is 6.59. The molecule has 0 spiro atoms. The molecule has 0 bridgehead atoms. The average Bonchev–Trinajstić information content (AvgIpc) is 2.66. The number of carbonyl (C=O) groups excluding carboxylic acids is 1. The Labute approximate surface area is 175 Å². The molecule has 0 atom stereocenters. The van der Waals surface area contributed by atoms with E-state index in [-0.39, 0.29) is 18.2 Å². The molecule has 2 aromatic rings. The van der Waals surface area contributed by atoms with E-state index in [1.807, 2.05) is 35.2 Å². The van der Waals surface area contributed by atoms with Gasteiger partial charge in [0.2, 0.25) is 15.9 Å². The van der Waals surface area contributed by atoms with Crippen molar-refractivity contribution in [2.45, 2.75) is 5.75 Å². The molecular formula is C19H21Cl2N3O3S. The highest BCUT2D eigenvalue weighted by Gasteiger charge is 2.28. The molecule has 0 aromatic heterocycles. The van der Waals surface area contributed by atoms with E-state index < -0.39 is 10.0 Å². The minimum atomic E-state index is -3.46. The third-order valence-electron chi connectivity index (χ3n) is 4.48. The fourth-order valence-electron chi connectivity index (χ4n) is 3.02. The smallest absolute Gasteiger partial charge is 0.238 e. The lowest BCUT2D eigenvalue weighted by atomic mass is 10.2. The van der Waals surface area contributed by atoms with Crippen molar-refractivity contribution in [2.24, 2.45) is 0 Å². The number of nitrogens with one attached hydrogen (secondary N) is 1. The molecule has 150 valence electrons. The van der Waals surface area contributed by atoms with Gasteiger partial charge in [0.1, 0.15) is 0 Å². The van der Waals surface area contributed by atoms with Crippen LogP contribution in [0.4, 0.5) is 5.69 Å². The molecule has 1 amide bonds. The van der Waals surface area contributed by atoms with Crippen LogP contribution in [0.1, 0.15) is 5.56 Å². The lowest BCUT2D eigenvalue weighted by Gasteiger charge is -2.33. The Bertz CT molecular complexity index is 931. The topological polar surface area (TPSA) is 69.7 Å². The predicted molar refractivity (Wildman–Crippen MR) is 112 cm³/mol. The summed E-state index contributed by atoms with van der Waals surface area (Å²) in [5, 5.41) is 3.57. The molecule has 0 unspecified atom stereocenters. The number of para-hydroxylation sites is 1. The van der Waals surface area contributed by atoms with Gasteiger partial charge in [-0.25, -0.2) is 8.42 Å². The largest absolute Gasteiger partial charge is 0.325 e. The molecule has 2 aromatic carbocycles. The maximum atomic E-state index is 12.7. The molecule has 1 saturated heterocycles. The fourth-order valence-corrected chi connectivity index (χ4v) is 4.85. The van der Waals surface area contributed by atoms with E-state index >= 15 is 0 Å². The summed E-state index contributed by atoms with van der Waals surface area (Å²) in [6.45, 7) is 1.94. The normalized spacial score (nSPS) is 16.1. The van der Waals surface area contributed by atoms with Gasteiger partial charge in [0.05, 0.1) is 22.3 Å². The van der Waals surface area contributed by atoms with Crippen LogP contribution in [-0.2, 0) is 20.6 Å². The summed E-state index contributed by atoms with van der Waals surface area (Å²) < 4.78 is 26.8. The summed E-state index contributed by atoms with van der Waals surface area (Å²) in [6.07, 6.45) is 0. The minimum absolute atomic E-state index is 0.113. The number of nitrogens with zero attached hydrogens (tertiary/aromatic N) is 2. The molecule has 1 N–H and O–H groups in total. The molecule has 1 fully saturated rings. The molecule has 0 aliphatic carbocycles. The van der Waals surface area contributed by atoms with Crippen molar-refractivity contribution in [2.75, 3.05) is 38.0 Å². The average molecular weight is 442 g/mol. The van der Waals surface area contributed by atoms with Crippen LogP contribution in [0.2, 0.25) is 10.0 Å². The minimum Gasteiger partial charge on any atom is -0.325 e. The molecule has 1 aliphatic heterocycles. The van der Waals surface area contributed by atoms with E-state index in [9.17, 15) is 13.2 Å². The van der Waals surface area contributed by atoms with Crippen LogP contribution in [0.25, 0.3) is 0 Å². The highest BCUT2D eigenvalue weighted by molar-refractivity contribution is 7.88. The molecule has 3 rings (SSSR count). The van der Waals surface area contributed by atoms with Crippen LogP contribution in [0.3, 0.4) is 0 Å². The first kappa shape index (κ1) is 21.1. The Morgan fingerprint density at radius 3 is 2.29 bits per heavy atom. The van der Waals surface area contributed by atoms with Crippen LogP contribution >= 0.6 is 23.2 Å². The van der Waals surface area contributed by atoms with Crippen LogP contribution in [0.5, 0.6) is 0 Å². The van der Waals surface area contributed by atoms with Crippen molar-refractivity contribution < 1.29 is 13.2 Å². The molecule has 0 saturated carbocycles. The highest BCUT2D eigenvalue weighted by atomic mass is 35.5. The highest BCUT2D eigenvalue weighted by Crippen LogP contribution is 2.24. The van der Waals surface area contributed by atoms with Crippen molar-refractivity contribution >= 4 is 44.8 Å². The van der Waals surface area contributed by atoms with Gasteiger partial charge in [-0.15, -0.1) is 0 Å². The molecule has 1 aliphatic rings. The summed E-state index contributed by atoms with van der Waals surface area (Å²) >= 11 is 11.8. The zero-order chi connectivity index (χ0) is 20.1. The van der Waals surface area contributed by atoms with Crippen molar-refractivity contribution in [1.82, 2.24) is 9.21 Å². The number of rotatable bonds is 6. The molecular weight excluding hydrogens is 421 g/mol. The van der Waals surface area contributed by atoms with Gasteiger partial charge in [-0.3, -0.25) is 9.69 Å². The zero-order valence-electron chi connectivity index (χ0n) is 15.1. The number of benzene rings is 2. The number of hydrogen-bond donors (Lipinski definition) is 1. The number of amides is 1. The Morgan fingerprint density at radius 1 is 0.964 bits per heavy atom. The Kier molecular flexibility index (Phi) is 6.95. The third kappa shape index (κ3) is 5.68. The number of piperazine rings is 1. The fraction of sp³-hybridized carbons (Fsp3) is 0.316. The quantitative estimate of drug-likeness (QED) is 0.747. The predicted octanol–water partition coefficient (Wildman–Crippen LogP) is 3.08. The first-order chi connectivity index (χ1) is 13.3. The lowest BCUT2D eigenvalue weighted by molar-refractivity contribution is -0.117. The summed E-state index contributed by atoms with van der Waals surface area (Å²) in [5.74, 6) is -0.239. The van der Waals surface area contributed by atoms with Gasteiger partial charge in [0, 0.05) is 31.9 Å². The summed E-state index contributed by atoms with van der Waals surface area (Å²) in [6, 6.07) is 14.1. The van der Waals surface area contributed by atoms with Crippen molar-refractivity contribution in [3.8, 4) is 0 Å². The molecule has 28 heavy (non-hydrogen) atoms. The summed E-state index contributed by atoms with van der Waals surface area (Å²) in [5.41, 5.74) is 1.34. The molecule has 1 heterocycles. The van der Waals surface area contributed by atoms with Gasteiger partial charge >= 0.3 is 0 Å². The van der Waals surface area contributed by atoms with E-state index in [2.05, 4.69) is 5.32 Å². The van der Waals surface area contributed by atoms with Gasteiger partial charge in [-0.1, -0.05) is 47.5 Å². The number of carbonyl (C=O) groups is 1. The SMILES string of the molecule is O=C(CN1CCN(S(=O)(=O)Cc2ccc(Cl)c(Cl)c2)CC1)Nc1ccccc1. The van der Waals surface area contributed by atoms with Gasteiger partial charge in [-0.2, -0.15) is 4.31 Å². The molecule has 6 nitrogen and oxygen atoms in total. The van der Waals surface area contributed by atoms with Crippen molar-refractivity contribution in [3.05, 3.63) is 64.1 Å². The van der Waals surface area contributed by atoms with E-state index in [0.717, 1.165) is 5.69 Å². The second kappa shape index (κ2) is 9.24. The number of halogens is 2. The van der Waals surface area contributed by atoms with Crippen LogP contribution in [-0.4, -0.2) is 56.3 Å². The van der Waals surface area contributed by atoms with Gasteiger partial charge in [0.25, 0.3) is 0 Å². The molecule has 0 radical (unpaired) electrons.